The number of ether oxygens (including phenoxy) is 2. The zero-order valence-electron chi connectivity index (χ0n) is 12.3. The molecule has 0 unspecified atom stereocenters. The van der Waals surface area contributed by atoms with Crippen molar-refractivity contribution in [1.82, 2.24) is 4.98 Å². The first kappa shape index (κ1) is 16.0. The van der Waals surface area contributed by atoms with Crippen LogP contribution in [0, 0.1) is 5.82 Å². The summed E-state index contributed by atoms with van der Waals surface area (Å²) in [6.07, 6.45) is 2.83. The lowest BCUT2D eigenvalue weighted by molar-refractivity contribution is 0.409. The Morgan fingerprint density at radius 2 is 1.73 bits per heavy atom. The average molecular weight is 326 g/mol. The molecule has 0 amide bonds. The lowest BCUT2D eigenvalue weighted by Gasteiger charge is -2.20. The maximum absolute atomic E-state index is 13.5. The number of hydrogen-bond donors (Lipinski definition) is 0. The molecule has 1 heterocycles. The Kier molecular flexibility index (Phi) is 4.51. The first-order chi connectivity index (χ1) is 10.4. The van der Waals surface area contributed by atoms with Crippen molar-refractivity contribution in [3.05, 3.63) is 42.5 Å². The number of rotatable bonds is 5. The Balaban J connectivity index is 2.47. The maximum Gasteiger partial charge on any atom is 0.264 e. The first-order valence-corrected chi connectivity index (χ1v) is 7.65. The number of pyridine rings is 1. The molecule has 118 valence electrons. The van der Waals surface area contributed by atoms with Gasteiger partial charge < -0.3 is 9.47 Å². The Labute approximate surface area is 128 Å². The van der Waals surface area contributed by atoms with Gasteiger partial charge in [-0.05, 0) is 6.07 Å². The van der Waals surface area contributed by atoms with Crippen molar-refractivity contribution in [2.75, 3.05) is 25.6 Å². The van der Waals surface area contributed by atoms with Crippen molar-refractivity contribution < 1.29 is 22.3 Å². The predicted molar refractivity (Wildman–Crippen MR) is 79.3 cm³/mol. The van der Waals surface area contributed by atoms with Gasteiger partial charge in [-0.25, -0.2) is 12.8 Å². The predicted octanol–water partition coefficient (Wildman–Crippen LogP) is 2.06. The van der Waals surface area contributed by atoms with E-state index in [0.29, 0.717) is 11.4 Å². The fourth-order valence-corrected chi connectivity index (χ4v) is 3.01. The second kappa shape index (κ2) is 6.18. The summed E-state index contributed by atoms with van der Waals surface area (Å²) in [6.45, 7) is 0. The van der Waals surface area contributed by atoms with E-state index < -0.39 is 15.8 Å². The van der Waals surface area contributed by atoms with Crippen molar-refractivity contribution >= 4 is 15.7 Å². The van der Waals surface area contributed by atoms with Gasteiger partial charge in [-0.1, -0.05) is 0 Å². The molecule has 0 aliphatic heterocycles. The van der Waals surface area contributed by atoms with Crippen molar-refractivity contribution in [3.63, 3.8) is 0 Å². The topological polar surface area (TPSA) is 68.7 Å². The summed E-state index contributed by atoms with van der Waals surface area (Å²) < 4.78 is 49.6. The van der Waals surface area contributed by atoms with Crippen LogP contribution in [0.5, 0.6) is 11.5 Å². The third-order valence-electron chi connectivity index (χ3n) is 3.04. The lowest BCUT2D eigenvalue weighted by atomic mass is 10.3. The molecule has 1 aromatic carbocycles. The van der Waals surface area contributed by atoms with E-state index in [2.05, 4.69) is 4.98 Å². The molecule has 0 bridgehead atoms. The van der Waals surface area contributed by atoms with Crippen LogP contribution in [-0.4, -0.2) is 34.7 Å². The lowest BCUT2D eigenvalue weighted by Crippen LogP contribution is -2.26. The highest BCUT2D eigenvalue weighted by Gasteiger charge is 2.23. The van der Waals surface area contributed by atoms with Crippen LogP contribution in [0.3, 0.4) is 0 Å². The number of nitrogens with zero attached hydrogens (tertiary/aromatic N) is 2. The third kappa shape index (κ3) is 3.11. The van der Waals surface area contributed by atoms with Gasteiger partial charge in [-0.15, -0.1) is 0 Å². The minimum absolute atomic E-state index is 0.121. The fourth-order valence-electron chi connectivity index (χ4n) is 1.79. The van der Waals surface area contributed by atoms with Crippen molar-refractivity contribution in [2.45, 2.75) is 4.90 Å². The summed E-state index contributed by atoms with van der Waals surface area (Å²) in [5, 5.41) is 0. The smallest absolute Gasteiger partial charge is 0.264 e. The number of hydrogen-bond acceptors (Lipinski definition) is 5. The molecule has 0 saturated carbocycles. The van der Waals surface area contributed by atoms with Crippen LogP contribution in [0.4, 0.5) is 10.1 Å². The quantitative estimate of drug-likeness (QED) is 0.841. The number of benzene rings is 1. The zero-order chi connectivity index (χ0) is 16.3. The van der Waals surface area contributed by atoms with Gasteiger partial charge in [0.25, 0.3) is 10.0 Å². The maximum atomic E-state index is 13.5. The van der Waals surface area contributed by atoms with Crippen molar-refractivity contribution in [1.29, 1.82) is 0 Å². The highest BCUT2D eigenvalue weighted by molar-refractivity contribution is 7.92. The molecule has 22 heavy (non-hydrogen) atoms. The monoisotopic (exact) mass is 326 g/mol. The summed E-state index contributed by atoms with van der Waals surface area (Å²) in [5.41, 5.74) is 0.294. The molecule has 1 aromatic heterocycles. The average Bonchev–Trinajstić information content (AvgIpc) is 2.53. The highest BCUT2D eigenvalue weighted by atomic mass is 32.2. The molecule has 2 aromatic rings. The molecule has 0 spiro atoms. The minimum atomic E-state index is -3.95. The number of halogens is 1. The van der Waals surface area contributed by atoms with Gasteiger partial charge in [0.2, 0.25) is 0 Å². The number of anilines is 1. The van der Waals surface area contributed by atoms with Crippen LogP contribution in [-0.2, 0) is 10.0 Å². The van der Waals surface area contributed by atoms with Crippen LogP contribution in [0.25, 0.3) is 0 Å². The van der Waals surface area contributed by atoms with Gasteiger partial charge in [0.1, 0.15) is 17.3 Å². The van der Waals surface area contributed by atoms with E-state index in [4.69, 9.17) is 9.47 Å². The van der Waals surface area contributed by atoms with Crippen LogP contribution in [0.2, 0.25) is 0 Å². The third-order valence-corrected chi connectivity index (χ3v) is 4.80. The highest BCUT2D eigenvalue weighted by Crippen LogP contribution is 2.27. The van der Waals surface area contributed by atoms with E-state index in [9.17, 15) is 12.8 Å². The van der Waals surface area contributed by atoms with E-state index in [-0.39, 0.29) is 10.6 Å². The van der Waals surface area contributed by atoms with E-state index in [1.807, 2.05) is 0 Å². The SMILES string of the molecule is COc1cncc(N(C)S(=O)(=O)c2cc(F)cc(OC)c2)c1. The molecular formula is C14H15FN2O4S. The van der Waals surface area contributed by atoms with Crippen LogP contribution in [0.1, 0.15) is 0 Å². The van der Waals surface area contributed by atoms with Gasteiger partial charge in [0, 0.05) is 25.2 Å². The summed E-state index contributed by atoms with van der Waals surface area (Å²) in [5.74, 6) is -0.165. The molecule has 2 rings (SSSR count). The second-order valence-corrected chi connectivity index (χ2v) is 6.35. The molecule has 8 heteroatoms. The van der Waals surface area contributed by atoms with E-state index in [1.165, 1.54) is 45.8 Å². The Morgan fingerprint density at radius 3 is 2.36 bits per heavy atom. The summed E-state index contributed by atoms with van der Waals surface area (Å²) in [6, 6.07) is 4.80. The molecule has 0 fully saturated rings. The minimum Gasteiger partial charge on any atom is -0.497 e. The normalized spacial score (nSPS) is 11.1. The molecule has 0 saturated heterocycles. The summed E-state index contributed by atoms with van der Waals surface area (Å²) in [4.78, 5) is 3.69. The fraction of sp³-hybridized carbons (Fsp3) is 0.214. The molecule has 0 radical (unpaired) electrons. The second-order valence-electron chi connectivity index (χ2n) is 4.38. The first-order valence-electron chi connectivity index (χ1n) is 6.21. The van der Waals surface area contributed by atoms with Gasteiger partial charge in [0.15, 0.2) is 0 Å². The van der Waals surface area contributed by atoms with Crippen LogP contribution >= 0.6 is 0 Å². The van der Waals surface area contributed by atoms with E-state index in [1.54, 1.807) is 0 Å². The molecule has 0 aliphatic carbocycles. The summed E-state index contributed by atoms with van der Waals surface area (Å²) >= 11 is 0. The Bertz CT molecular complexity index is 780. The van der Waals surface area contributed by atoms with Gasteiger partial charge in [0.05, 0.1) is 37.2 Å². The zero-order valence-corrected chi connectivity index (χ0v) is 13.1. The molecule has 0 N–H and O–H groups in total. The van der Waals surface area contributed by atoms with Gasteiger partial charge in [-0.3, -0.25) is 9.29 Å². The Hall–Kier alpha value is -2.35. The van der Waals surface area contributed by atoms with E-state index in [0.717, 1.165) is 16.4 Å². The molecule has 0 aliphatic rings. The van der Waals surface area contributed by atoms with Crippen LogP contribution < -0.4 is 13.8 Å². The molecule has 6 nitrogen and oxygen atoms in total. The van der Waals surface area contributed by atoms with Gasteiger partial charge >= 0.3 is 0 Å². The standard InChI is InChI=1S/C14H15FN2O4S/c1-17(11-6-13(21-3)9-16-8-11)22(18,19)14-5-10(15)4-12(7-14)20-2/h4-9H,1-3H3. The number of sulfonamides is 1. The number of methoxy groups -OCH3 is 2. The largest absolute Gasteiger partial charge is 0.497 e. The summed E-state index contributed by atoms with van der Waals surface area (Å²) in [7, 11) is 0.181. The molecular weight excluding hydrogens is 311 g/mol. The van der Waals surface area contributed by atoms with Crippen molar-refractivity contribution in [2.24, 2.45) is 0 Å². The molecule has 0 atom stereocenters. The Morgan fingerprint density at radius 1 is 1.05 bits per heavy atom. The van der Waals surface area contributed by atoms with E-state index >= 15 is 0 Å². The number of aromatic nitrogens is 1. The van der Waals surface area contributed by atoms with Gasteiger partial charge in [-0.2, -0.15) is 0 Å². The van der Waals surface area contributed by atoms with Crippen molar-refractivity contribution in [3.8, 4) is 11.5 Å². The van der Waals surface area contributed by atoms with Crippen LogP contribution in [0.15, 0.2) is 41.6 Å².